The first-order chi connectivity index (χ1) is 35.6. The Hall–Kier alpha value is -8.33. The molecule has 1 heterocycles. The van der Waals surface area contributed by atoms with Crippen molar-refractivity contribution in [2.45, 2.75) is 63.7 Å². The maximum absolute atomic E-state index is 14.5. The van der Waals surface area contributed by atoms with Crippen LogP contribution in [0.4, 0.5) is 0 Å². The molecule has 3 aliphatic carbocycles. The third-order valence-corrected chi connectivity index (χ3v) is 17.1. The number of ketones is 1. The van der Waals surface area contributed by atoms with Crippen molar-refractivity contribution < 1.29 is 4.79 Å². The van der Waals surface area contributed by atoms with Crippen LogP contribution in [0.2, 0.25) is 0 Å². The van der Waals surface area contributed by atoms with Crippen molar-refractivity contribution in [3.63, 3.8) is 0 Å². The Balaban J connectivity index is 0.726. The van der Waals surface area contributed by atoms with Gasteiger partial charge >= 0.3 is 0 Å². The van der Waals surface area contributed by atoms with E-state index in [4.69, 9.17) is 0 Å². The van der Waals surface area contributed by atoms with Gasteiger partial charge < -0.3 is 4.57 Å². The molecule has 0 radical (unpaired) electrons. The van der Waals surface area contributed by atoms with Gasteiger partial charge in [-0.05, 0) is 168 Å². The minimum Gasteiger partial charge on any atom is -0.309 e. The Kier molecular flexibility index (Phi) is 9.73. The van der Waals surface area contributed by atoms with Gasteiger partial charge in [-0.1, -0.05) is 198 Å². The minimum atomic E-state index is -0.107. The monoisotopic (exact) mass is 937 g/mol. The van der Waals surface area contributed by atoms with E-state index in [-0.39, 0.29) is 16.6 Å². The van der Waals surface area contributed by atoms with Crippen LogP contribution in [0.5, 0.6) is 0 Å². The molecular formula is C71H55NO. The Morgan fingerprint density at radius 1 is 0.438 bits per heavy atom. The highest BCUT2D eigenvalue weighted by Crippen LogP contribution is 2.54. The number of nitrogens with zero attached hydrogens (tertiary/aromatic N) is 1. The molecule has 0 saturated carbocycles. The van der Waals surface area contributed by atoms with Gasteiger partial charge in [0.05, 0.1) is 11.0 Å². The predicted octanol–water partition coefficient (Wildman–Crippen LogP) is 17.9. The predicted molar refractivity (Wildman–Crippen MR) is 303 cm³/mol. The maximum atomic E-state index is 14.5. The molecular weight excluding hydrogens is 883 g/mol. The highest BCUT2D eigenvalue weighted by atomic mass is 16.1. The summed E-state index contributed by atoms with van der Waals surface area (Å²) < 4.78 is 2.42. The second kappa shape index (κ2) is 16.4. The summed E-state index contributed by atoms with van der Waals surface area (Å²) >= 11 is 0. The zero-order valence-corrected chi connectivity index (χ0v) is 41.8. The number of carbonyl (C=O) groups is 1. The maximum Gasteiger partial charge on any atom is 0.193 e. The van der Waals surface area contributed by atoms with Gasteiger partial charge in [-0.25, -0.2) is 0 Å². The Labute approximate surface area is 428 Å². The lowest BCUT2D eigenvalue weighted by Gasteiger charge is -2.30. The first kappa shape index (κ1) is 43.5. The fraction of sp³-hybridized carbons (Fsp3) is 0.141. The standard InChI is InChI=1S/C71H55NO/c1-70(2)63-30-10-7-27-56(63)60-41-59-52(40-65(60)70)38-49(54-25-5-6-26-55(54)59)34-33-44-17-13-18-45(35-44)46-19-14-22-50(36-46)69(73)51-23-15-20-47(37-51)48-21-16-24-53(39-48)72-67-32-12-9-29-58(67)62-42-61-57-28-8-11-31-64(57)71(3,4)66(61)43-68(62)72/h5-32,35-37,39-43,49H,33-34,38H2,1-4H3. The highest BCUT2D eigenvalue weighted by molar-refractivity contribution is 6.12. The summed E-state index contributed by atoms with van der Waals surface area (Å²) in [6.07, 6.45) is 3.08. The quantitative estimate of drug-likeness (QED) is 0.139. The first-order valence-corrected chi connectivity index (χ1v) is 26.1. The van der Waals surface area contributed by atoms with Gasteiger partial charge in [0.1, 0.15) is 0 Å². The number of aryl methyl sites for hydroxylation is 1. The van der Waals surface area contributed by atoms with E-state index >= 15 is 0 Å². The Bertz CT molecular complexity index is 4100. The molecule has 1 aromatic heterocycles. The summed E-state index contributed by atoms with van der Waals surface area (Å²) in [7, 11) is 0. The lowest BCUT2D eigenvalue weighted by Crippen LogP contribution is -2.17. The van der Waals surface area contributed by atoms with Gasteiger partial charge in [0.25, 0.3) is 0 Å². The van der Waals surface area contributed by atoms with Crippen molar-refractivity contribution in [1.82, 2.24) is 4.57 Å². The molecule has 14 rings (SSSR count). The van der Waals surface area contributed by atoms with Crippen LogP contribution in [-0.4, -0.2) is 10.4 Å². The lowest BCUT2D eigenvalue weighted by molar-refractivity contribution is 0.103. The highest BCUT2D eigenvalue weighted by Gasteiger charge is 2.38. The number of para-hydroxylation sites is 1. The van der Waals surface area contributed by atoms with Crippen LogP contribution in [0.15, 0.2) is 218 Å². The summed E-state index contributed by atoms with van der Waals surface area (Å²) in [5.74, 6) is 0.447. The van der Waals surface area contributed by atoms with Crippen LogP contribution >= 0.6 is 0 Å². The molecule has 0 fully saturated rings. The molecule has 350 valence electrons. The third-order valence-electron chi connectivity index (χ3n) is 17.1. The molecule has 2 nitrogen and oxygen atoms in total. The molecule has 1 unspecified atom stereocenters. The number of benzene rings is 10. The van der Waals surface area contributed by atoms with Crippen LogP contribution in [0.25, 0.3) is 83.1 Å². The first-order valence-electron chi connectivity index (χ1n) is 26.1. The minimum absolute atomic E-state index is 0.0174. The van der Waals surface area contributed by atoms with E-state index in [1.54, 1.807) is 0 Å². The molecule has 0 saturated heterocycles. The largest absolute Gasteiger partial charge is 0.309 e. The smallest absolute Gasteiger partial charge is 0.193 e. The van der Waals surface area contributed by atoms with Gasteiger partial charge in [0.2, 0.25) is 0 Å². The molecule has 3 aliphatic rings. The fourth-order valence-electron chi connectivity index (χ4n) is 13.3. The molecule has 0 aliphatic heterocycles. The van der Waals surface area contributed by atoms with Gasteiger partial charge in [-0.3, -0.25) is 4.79 Å². The van der Waals surface area contributed by atoms with Crippen molar-refractivity contribution in [1.29, 1.82) is 0 Å². The molecule has 10 aromatic carbocycles. The van der Waals surface area contributed by atoms with E-state index in [0.29, 0.717) is 17.0 Å². The molecule has 0 bridgehead atoms. The zero-order valence-electron chi connectivity index (χ0n) is 41.8. The zero-order chi connectivity index (χ0) is 49.2. The molecule has 11 aromatic rings. The van der Waals surface area contributed by atoms with Crippen molar-refractivity contribution in [3.8, 4) is 61.3 Å². The second-order valence-electron chi connectivity index (χ2n) is 21.9. The SMILES string of the molecule is CC1(C)c2ccccc2-c2cc3c(cc21)CC(CCc1cccc(-c2cccc(C(=O)c4cccc(-c5cccc(-n6c7ccccc7c7cc8c(cc76)C(C)(C)c6ccccc6-8)c5)c4)c2)c1)c1ccccc1-3. The molecule has 2 heteroatoms. The Morgan fingerprint density at radius 3 is 1.71 bits per heavy atom. The number of rotatable bonds is 8. The van der Waals surface area contributed by atoms with E-state index < -0.39 is 0 Å². The second-order valence-corrected chi connectivity index (χ2v) is 21.9. The van der Waals surface area contributed by atoms with Crippen LogP contribution < -0.4 is 0 Å². The molecule has 1 atom stereocenters. The van der Waals surface area contributed by atoms with E-state index in [1.807, 2.05) is 24.3 Å². The van der Waals surface area contributed by atoms with Crippen LogP contribution in [-0.2, 0) is 23.7 Å². The summed E-state index contributed by atoms with van der Waals surface area (Å²) in [4.78, 5) is 14.5. The van der Waals surface area contributed by atoms with E-state index in [0.717, 1.165) is 47.2 Å². The molecule has 0 N–H and O–H groups in total. The summed E-state index contributed by atoms with van der Waals surface area (Å²) in [6, 6.07) is 79.6. The lowest BCUT2D eigenvalue weighted by atomic mass is 9.74. The van der Waals surface area contributed by atoms with Crippen LogP contribution in [0.3, 0.4) is 0 Å². The fourth-order valence-corrected chi connectivity index (χ4v) is 13.3. The average Bonchev–Trinajstić information content (AvgIpc) is 3.97. The molecule has 73 heavy (non-hydrogen) atoms. The van der Waals surface area contributed by atoms with Gasteiger partial charge in [-0.2, -0.15) is 0 Å². The van der Waals surface area contributed by atoms with Crippen molar-refractivity contribution in [2.75, 3.05) is 0 Å². The number of fused-ring (bicyclic) bond motifs is 12. The third kappa shape index (κ3) is 6.80. The number of hydrogen-bond acceptors (Lipinski definition) is 1. The average molecular weight is 938 g/mol. The van der Waals surface area contributed by atoms with Gasteiger partial charge in [0.15, 0.2) is 5.78 Å². The summed E-state index contributed by atoms with van der Waals surface area (Å²) in [5.41, 5.74) is 27.0. The molecule has 0 spiro atoms. The molecule has 0 amide bonds. The van der Waals surface area contributed by atoms with Gasteiger partial charge in [0, 0.05) is 38.4 Å². The van der Waals surface area contributed by atoms with E-state index in [2.05, 4.69) is 226 Å². The van der Waals surface area contributed by atoms with E-state index in [1.165, 1.54) is 94.1 Å². The van der Waals surface area contributed by atoms with Crippen molar-refractivity contribution in [2.24, 2.45) is 0 Å². The van der Waals surface area contributed by atoms with Crippen LogP contribution in [0.1, 0.15) is 94.9 Å². The van der Waals surface area contributed by atoms with Crippen LogP contribution in [0, 0.1) is 0 Å². The summed E-state index contributed by atoms with van der Waals surface area (Å²) in [6.45, 7) is 9.46. The van der Waals surface area contributed by atoms with E-state index in [9.17, 15) is 4.79 Å². The normalized spacial score (nSPS) is 15.3. The van der Waals surface area contributed by atoms with Crippen molar-refractivity contribution >= 4 is 27.6 Å². The number of carbonyl (C=O) groups excluding carboxylic acids is 1. The summed E-state index contributed by atoms with van der Waals surface area (Å²) in [5, 5.41) is 2.50. The Morgan fingerprint density at radius 2 is 1.00 bits per heavy atom. The number of aromatic nitrogens is 1. The topological polar surface area (TPSA) is 22.0 Å². The van der Waals surface area contributed by atoms with Crippen molar-refractivity contribution in [3.05, 3.63) is 268 Å². The number of hydrogen-bond donors (Lipinski definition) is 0. The van der Waals surface area contributed by atoms with Gasteiger partial charge in [-0.15, -0.1) is 0 Å².